The quantitative estimate of drug-likeness (QED) is 0.190. The lowest BCUT2D eigenvalue weighted by Gasteiger charge is -2.15. The molecule has 0 atom stereocenters. The van der Waals surface area contributed by atoms with E-state index >= 15 is 0 Å². The van der Waals surface area contributed by atoms with Crippen LogP contribution in [0.15, 0.2) is 146 Å². The Hall–Kier alpha value is -4.76. The zero-order chi connectivity index (χ0) is 29.0. The van der Waals surface area contributed by atoms with Gasteiger partial charge in [0.15, 0.2) is 0 Å². The molecular formula is C42H28S2. The van der Waals surface area contributed by atoms with Crippen LogP contribution in [0.3, 0.4) is 0 Å². The van der Waals surface area contributed by atoms with E-state index < -0.39 is 0 Å². The van der Waals surface area contributed by atoms with Crippen LogP contribution in [-0.4, -0.2) is 0 Å². The zero-order valence-electron chi connectivity index (χ0n) is 24.1. The molecule has 6 aromatic carbocycles. The lowest BCUT2D eigenvalue weighted by atomic mass is 9.90. The molecule has 2 heterocycles. The zero-order valence-corrected chi connectivity index (χ0v) is 25.7. The number of thiophene rings is 2. The van der Waals surface area contributed by atoms with Gasteiger partial charge < -0.3 is 0 Å². The molecule has 0 aliphatic heterocycles. The first-order valence-electron chi connectivity index (χ1n) is 15.2. The van der Waals surface area contributed by atoms with Crippen LogP contribution in [0.2, 0.25) is 0 Å². The Bertz CT molecular complexity index is 2420. The minimum Gasteiger partial charge on any atom is -0.135 e. The number of rotatable bonds is 4. The largest absolute Gasteiger partial charge is 0.135 e. The van der Waals surface area contributed by atoms with Crippen molar-refractivity contribution in [3.05, 3.63) is 157 Å². The SMILES string of the molecule is C1=C(c2ccc3sc4ccc5sc6ccc(-c7cccc(-c8ccccc8)c7)cc6c5c4c3c2)C=C(c2ccccc2)CC1. The van der Waals surface area contributed by atoms with Gasteiger partial charge in [0, 0.05) is 40.3 Å². The van der Waals surface area contributed by atoms with Crippen LogP contribution >= 0.6 is 22.7 Å². The van der Waals surface area contributed by atoms with E-state index in [-0.39, 0.29) is 0 Å². The van der Waals surface area contributed by atoms with Crippen molar-refractivity contribution in [1.82, 2.24) is 0 Å². The minimum absolute atomic E-state index is 1.08. The number of hydrogen-bond acceptors (Lipinski definition) is 2. The monoisotopic (exact) mass is 596 g/mol. The highest BCUT2D eigenvalue weighted by Crippen LogP contribution is 2.46. The molecule has 9 rings (SSSR count). The minimum atomic E-state index is 1.08. The molecule has 0 radical (unpaired) electrons. The number of allylic oxidation sites excluding steroid dienone is 4. The normalized spacial score (nSPS) is 13.5. The van der Waals surface area contributed by atoms with Crippen molar-refractivity contribution in [3.63, 3.8) is 0 Å². The van der Waals surface area contributed by atoms with Gasteiger partial charge in [0.25, 0.3) is 0 Å². The molecule has 0 saturated carbocycles. The summed E-state index contributed by atoms with van der Waals surface area (Å²) in [6.45, 7) is 0. The number of benzene rings is 6. The maximum Gasteiger partial charge on any atom is 0.0362 e. The van der Waals surface area contributed by atoms with Crippen LogP contribution in [0, 0.1) is 0 Å². The maximum atomic E-state index is 2.44. The molecule has 208 valence electrons. The predicted octanol–water partition coefficient (Wildman–Crippen LogP) is 13.0. The molecule has 1 aliphatic rings. The van der Waals surface area contributed by atoms with Crippen molar-refractivity contribution in [2.75, 3.05) is 0 Å². The number of hydrogen-bond donors (Lipinski definition) is 0. The molecule has 0 unspecified atom stereocenters. The second-order valence-corrected chi connectivity index (χ2v) is 13.8. The molecular weight excluding hydrogens is 569 g/mol. The van der Waals surface area contributed by atoms with E-state index in [0.717, 1.165) is 12.8 Å². The van der Waals surface area contributed by atoms with E-state index in [0.29, 0.717) is 0 Å². The molecule has 2 heteroatoms. The van der Waals surface area contributed by atoms with Crippen molar-refractivity contribution < 1.29 is 0 Å². The lowest BCUT2D eigenvalue weighted by Crippen LogP contribution is -1.92. The van der Waals surface area contributed by atoms with E-state index in [1.807, 2.05) is 22.7 Å². The highest BCUT2D eigenvalue weighted by atomic mass is 32.1. The molecule has 2 aromatic heterocycles. The number of fused-ring (bicyclic) bond motifs is 7. The Morgan fingerprint density at radius 3 is 1.61 bits per heavy atom. The smallest absolute Gasteiger partial charge is 0.0362 e. The molecule has 0 saturated heterocycles. The fraction of sp³-hybridized carbons (Fsp3) is 0.0476. The van der Waals surface area contributed by atoms with Gasteiger partial charge in [-0.25, -0.2) is 0 Å². The molecule has 0 fully saturated rings. The summed E-state index contributed by atoms with van der Waals surface area (Å²) >= 11 is 3.82. The average molecular weight is 597 g/mol. The second kappa shape index (κ2) is 10.4. The van der Waals surface area contributed by atoms with Gasteiger partial charge in [-0.05, 0) is 99.8 Å². The van der Waals surface area contributed by atoms with Gasteiger partial charge >= 0.3 is 0 Å². The maximum absolute atomic E-state index is 2.44. The highest BCUT2D eigenvalue weighted by Gasteiger charge is 2.16. The predicted molar refractivity (Wildman–Crippen MR) is 195 cm³/mol. The van der Waals surface area contributed by atoms with Crippen molar-refractivity contribution in [1.29, 1.82) is 0 Å². The van der Waals surface area contributed by atoms with Crippen molar-refractivity contribution in [3.8, 4) is 22.3 Å². The van der Waals surface area contributed by atoms with Gasteiger partial charge in [-0.2, -0.15) is 0 Å². The Morgan fingerprint density at radius 1 is 0.409 bits per heavy atom. The third-order valence-electron chi connectivity index (χ3n) is 8.96. The third-order valence-corrected chi connectivity index (χ3v) is 11.2. The van der Waals surface area contributed by atoms with Crippen molar-refractivity contribution in [2.24, 2.45) is 0 Å². The molecule has 8 aromatic rings. The molecule has 0 amide bonds. The first kappa shape index (κ1) is 25.7. The van der Waals surface area contributed by atoms with E-state index in [1.165, 1.54) is 84.9 Å². The van der Waals surface area contributed by atoms with Crippen LogP contribution in [0.25, 0.3) is 73.7 Å². The van der Waals surface area contributed by atoms with Gasteiger partial charge in [-0.1, -0.05) is 103 Å². The topological polar surface area (TPSA) is 0 Å². The van der Waals surface area contributed by atoms with E-state index in [1.54, 1.807) is 0 Å². The highest BCUT2D eigenvalue weighted by molar-refractivity contribution is 7.28. The van der Waals surface area contributed by atoms with Gasteiger partial charge in [0.05, 0.1) is 0 Å². The van der Waals surface area contributed by atoms with Gasteiger partial charge in [-0.3, -0.25) is 0 Å². The third kappa shape index (κ3) is 4.33. The summed E-state index contributed by atoms with van der Waals surface area (Å²) in [5, 5.41) is 5.51. The Balaban J connectivity index is 1.21. The summed E-state index contributed by atoms with van der Waals surface area (Å²) in [4.78, 5) is 0. The van der Waals surface area contributed by atoms with Crippen molar-refractivity contribution >= 4 is 74.2 Å². The van der Waals surface area contributed by atoms with Crippen molar-refractivity contribution in [2.45, 2.75) is 12.8 Å². The summed E-state index contributed by atoms with van der Waals surface area (Å²) in [5.74, 6) is 0. The summed E-state index contributed by atoms with van der Waals surface area (Å²) in [7, 11) is 0. The van der Waals surface area contributed by atoms with Crippen LogP contribution in [-0.2, 0) is 0 Å². The average Bonchev–Trinajstić information content (AvgIpc) is 3.66. The molecule has 1 aliphatic carbocycles. The molecule has 0 nitrogen and oxygen atoms in total. The first-order valence-corrected chi connectivity index (χ1v) is 16.9. The second-order valence-electron chi connectivity index (χ2n) is 11.6. The fourth-order valence-corrected chi connectivity index (χ4v) is 8.97. The Labute approximate surface area is 264 Å². The van der Waals surface area contributed by atoms with Gasteiger partial charge in [-0.15, -0.1) is 22.7 Å². The molecule has 0 bridgehead atoms. The standard InChI is InChI=1S/C42H28S2/c1-3-9-27(10-4-1)29-13-7-15-31(23-29)33-17-19-37-35(25-33)41-39(43-37)21-22-40-42(41)36-26-34(18-20-38(36)44-40)32-16-8-14-30(24-32)28-11-5-2-6-12-28/h1-7,9-13,15-26H,8,14H2. The Morgan fingerprint density at radius 2 is 0.932 bits per heavy atom. The van der Waals surface area contributed by atoms with Crippen LogP contribution in [0.5, 0.6) is 0 Å². The van der Waals surface area contributed by atoms with Crippen LogP contribution in [0.4, 0.5) is 0 Å². The lowest BCUT2D eigenvalue weighted by molar-refractivity contribution is 1.06. The van der Waals surface area contributed by atoms with E-state index in [9.17, 15) is 0 Å². The summed E-state index contributed by atoms with van der Waals surface area (Å²) in [6, 6.07) is 49.2. The first-order chi connectivity index (χ1) is 21.8. The van der Waals surface area contributed by atoms with E-state index in [4.69, 9.17) is 0 Å². The molecule has 0 N–H and O–H groups in total. The van der Waals surface area contributed by atoms with Crippen LogP contribution in [0.1, 0.15) is 24.0 Å². The Kier molecular flexibility index (Phi) is 6.11. The van der Waals surface area contributed by atoms with E-state index in [2.05, 4.69) is 146 Å². The van der Waals surface area contributed by atoms with Crippen LogP contribution < -0.4 is 0 Å². The fourth-order valence-electron chi connectivity index (χ4n) is 6.79. The summed E-state index contributed by atoms with van der Waals surface area (Å²) in [5.41, 5.74) is 10.4. The van der Waals surface area contributed by atoms with Gasteiger partial charge in [0.1, 0.15) is 0 Å². The summed E-state index contributed by atoms with van der Waals surface area (Å²) in [6.07, 6.45) is 6.98. The molecule has 0 spiro atoms. The van der Waals surface area contributed by atoms with Gasteiger partial charge in [0.2, 0.25) is 0 Å². The molecule has 44 heavy (non-hydrogen) atoms. The summed E-state index contributed by atoms with van der Waals surface area (Å²) < 4.78 is 5.41.